The molecule has 0 aliphatic carbocycles. The zero-order valence-corrected chi connectivity index (χ0v) is 18.9. The molecule has 0 radical (unpaired) electrons. The summed E-state index contributed by atoms with van der Waals surface area (Å²) in [4.78, 5) is 29.8. The molecule has 0 spiro atoms. The van der Waals surface area contributed by atoms with Gasteiger partial charge in [-0.2, -0.15) is 0 Å². The van der Waals surface area contributed by atoms with Gasteiger partial charge in [0.05, 0.1) is 25.7 Å². The summed E-state index contributed by atoms with van der Waals surface area (Å²) in [5.74, 6) is -0.0147. The van der Waals surface area contributed by atoms with E-state index in [-0.39, 0.29) is 11.8 Å². The molecule has 0 fully saturated rings. The van der Waals surface area contributed by atoms with E-state index in [1.807, 2.05) is 60.0 Å². The fourth-order valence-corrected chi connectivity index (χ4v) is 5.10. The molecule has 0 saturated heterocycles. The minimum absolute atomic E-state index is 0.0789. The molecule has 2 unspecified atom stereocenters. The molecule has 2 amide bonds. The van der Waals surface area contributed by atoms with Gasteiger partial charge in [0.1, 0.15) is 5.75 Å². The van der Waals surface area contributed by atoms with Crippen LogP contribution in [0.2, 0.25) is 0 Å². The van der Waals surface area contributed by atoms with Gasteiger partial charge in [-0.15, -0.1) is 11.3 Å². The number of carbonyl (C=O) groups excluding carboxylic acids is 2. The zero-order valence-electron chi connectivity index (χ0n) is 18.1. The molecule has 0 bridgehead atoms. The summed E-state index contributed by atoms with van der Waals surface area (Å²) in [5.41, 5.74) is 2.21. The van der Waals surface area contributed by atoms with Crippen LogP contribution in [0.4, 0.5) is 0 Å². The molecular weight excluding hydrogens is 424 g/mol. The first-order valence-corrected chi connectivity index (χ1v) is 11.4. The molecule has 1 aromatic heterocycles. The van der Waals surface area contributed by atoms with Gasteiger partial charge in [0.2, 0.25) is 5.91 Å². The topological polar surface area (TPSA) is 67.9 Å². The maximum absolute atomic E-state index is 13.6. The standard InChI is InChI=1S/C25H26N2O4S/c1-30-14-13-27-23(21-12-7-15-32-21)22(18-9-4-5-10-19(18)25(27)29)24(28)26-16-17-8-3-6-11-20(17)31-2/h3-12,15,22-23H,13-14,16H2,1-2H3,(H,26,28). The minimum atomic E-state index is -0.533. The van der Waals surface area contributed by atoms with Crippen LogP contribution in [0.15, 0.2) is 66.0 Å². The van der Waals surface area contributed by atoms with E-state index in [2.05, 4.69) is 5.32 Å². The SMILES string of the molecule is COCCN1C(=O)c2ccccc2C(C(=O)NCc2ccccc2OC)C1c1cccs1. The Balaban J connectivity index is 1.71. The number of hydrogen-bond donors (Lipinski definition) is 1. The third-order valence-electron chi connectivity index (χ3n) is 5.74. The number of fused-ring (bicyclic) bond motifs is 1. The molecule has 166 valence electrons. The van der Waals surface area contributed by atoms with Crippen molar-refractivity contribution in [2.45, 2.75) is 18.5 Å². The van der Waals surface area contributed by atoms with E-state index >= 15 is 0 Å². The number of methoxy groups -OCH3 is 2. The lowest BCUT2D eigenvalue weighted by Crippen LogP contribution is -2.48. The Kier molecular flexibility index (Phi) is 6.87. The van der Waals surface area contributed by atoms with Crippen LogP contribution in [-0.4, -0.2) is 44.1 Å². The Morgan fingerprint density at radius 2 is 1.84 bits per heavy atom. The maximum atomic E-state index is 13.6. The molecule has 6 nitrogen and oxygen atoms in total. The van der Waals surface area contributed by atoms with Gasteiger partial charge >= 0.3 is 0 Å². The number of nitrogens with zero attached hydrogens (tertiary/aromatic N) is 1. The molecule has 32 heavy (non-hydrogen) atoms. The fraction of sp³-hybridized carbons (Fsp3) is 0.280. The van der Waals surface area contributed by atoms with E-state index in [0.717, 1.165) is 21.8 Å². The van der Waals surface area contributed by atoms with Crippen LogP contribution in [0.3, 0.4) is 0 Å². The average Bonchev–Trinajstić information content (AvgIpc) is 3.36. The van der Waals surface area contributed by atoms with Crippen molar-refractivity contribution in [1.82, 2.24) is 10.2 Å². The van der Waals surface area contributed by atoms with Crippen LogP contribution in [0.1, 0.15) is 38.3 Å². The molecular formula is C25H26N2O4S. The predicted molar refractivity (Wildman–Crippen MR) is 124 cm³/mol. The first-order valence-electron chi connectivity index (χ1n) is 10.5. The van der Waals surface area contributed by atoms with Crippen molar-refractivity contribution in [1.29, 1.82) is 0 Å². The lowest BCUT2D eigenvalue weighted by atomic mass is 9.81. The first kappa shape index (κ1) is 22.0. The maximum Gasteiger partial charge on any atom is 0.254 e. The van der Waals surface area contributed by atoms with E-state index in [9.17, 15) is 9.59 Å². The van der Waals surface area contributed by atoms with Crippen molar-refractivity contribution in [2.75, 3.05) is 27.4 Å². The van der Waals surface area contributed by atoms with Crippen LogP contribution in [0, 0.1) is 0 Å². The second-order valence-electron chi connectivity index (χ2n) is 7.55. The summed E-state index contributed by atoms with van der Waals surface area (Å²) in [7, 11) is 3.23. The predicted octanol–water partition coefficient (Wildman–Crippen LogP) is 4.00. The highest BCUT2D eigenvalue weighted by molar-refractivity contribution is 7.10. The number of amides is 2. The quantitative estimate of drug-likeness (QED) is 0.563. The Hall–Kier alpha value is -3.16. The summed E-state index contributed by atoms with van der Waals surface area (Å²) in [6, 6.07) is 18.5. The Bertz CT molecular complexity index is 1080. The number of ether oxygens (including phenoxy) is 2. The number of benzene rings is 2. The number of para-hydroxylation sites is 1. The molecule has 0 saturated carbocycles. The Morgan fingerprint density at radius 1 is 1.06 bits per heavy atom. The normalized spacial score (nSPS) is 17.7. The number of carbonyl (C=O) groups is 2. The third-order valence-corrected chi connectivity index (χ3v) is 6.68. The molecule has 4 rings (SSSR count). The minimum Gasteiger partial charge on any atom is -0.496 e. The second-order valence-corrected chi connectivity index (χ2v) is 8.53. The summed E-state index contributed by atoms with van der Waals surface area (Å²) in [5, 5.41) is 5.06. The monoisotopic (exact) mass is 450 g/mol. The van der Waals surface area contributed by atoms with Gasteiger partial charge in [-0.05, 0) is 29.1 Å². The second kappa shape index (κ2) is 9.97. The first-order chi connectivity index (χ1) is 15.7. The Morgan fingerprint density at radius 3 is 2.59 bits per heavy atom. The molecule has 1 N–H and O–H groups in total. The van der Waals surface area contributed by atoms with Crippen molar-refractivity contribution >= 4 is 23.2 Å². The molecule has 2 atom stereocenters. The lowest BCUT2D eigenvalue weighted by molar-refractivity contribution is -0.124. The largest absolute Gasteiger partial charge is 0.496 e. The number of hydrogen-bond acceptors (Lipinski definition) is 5. The van der Waals surface area contributed by atoms with Gasteiger partial charge < -0.3 is 19.7 Å². The van der Waals surface area contributed by atoms with Gasteiger partial charge in [0, 0.05) is 36.2 Å². The van der Waals surface area contributed by atoms with Crippen molar-refractivity contribution in [3.8, 4) is 5.75 Å². The lowest BCUT2D eigenvalue weighted by Gasteiger charge is -2.41. The third kappa shape index (κ3) is 4.26. The van der Waals surface area contributed by atoms with Crippen LogP contribution in [0.25, 0.3) is 0 Å². The highest BCUT2D eigenvalue weighted by Gasteiger charge is 2.44. The summed E-state index contributed by atoms with van der Waals surface area (Å²) in [6.45, 7) is 1.14. The van der Waals surface area contributed by atoms with Crippen LogP contribution >= 0.6 is 11.3 Å². The smallest absolute Gasteiger partial charge is 0.254 e. The number of thiophene rings is 1. The highest BCUT2D eigenvalue weighted by atomic mass is 32.1. The molecule has 1 aliphatic heterocycles. The molecule has 2 aromatic carbocycles. The van der Waals surface area contributed by atoms with Crippen molar-refractivity contribution in [3.05, 3.63) is 87.6 Å². The van der Waals surface area contributed by atoms with Gasteiger partial charge in [0.25, 0.3) is 5.91 Å². The molecule has 1 aliphatic rings. The molecule has 3 aromatic rings. The zero-order chi connectivity index (χ0) is 22.5. The van der Waals surface area contributed by atoms with E-state index in [1.54, 1.807) is 36.5 Å². The van der Waals surface area contributed by atoms with Gasteiger partial charge in [0.15, 0.2) is 0 Å². The van der Waals surface area contributed by atoms with Crippen LogP contribution in [-0.2, 0) is 16.1 Å². The Labute approximate surface area is 191 Å². The van der Waals surface area contributed by atoms with E-state index in [0.29, 0.717) is 25.3 Å². The van der Waals surface area contributed by atoms with E-state index in [1.165, 1.54) is 0 Å². The van der Waals surface area contributed by atoms with Crippen molar-refractivity contribution in [3.63, 3.8) is 0 Å². The molecule has 7 heteroatoms. The van der Waals surface area contributed by atoms with E-state index in [4.69, 9.17) is 9.47 Å². The summed E-state index contributed by atoms with van der Waals surface area (Å²) >= 11 is 1.55. The van der Waals surface area contributed by atoms with Crippen LogP contribution in [0.5, 0.6) is 5.75 Å². The summed E-state index contributed by atoms with van der Waals surface area (Å²) in [6.07, 6.45) is 0. The molecule has 2 heterocycles. The average molecular weight is 451 g/mol. The fourth-order valence-electron chi connectivity index (χ4n) is 4.23. The van der Waals surface area contributed by atoms with Crippen molar-refractivity contribution < 1.29 is 19.1 Å². The number of nitrogens with one attached hydrogen (secondary N) is 1. The van der Waals surface area contributed by atoms with E-state index < -0.39 is 12.0 Å². The number of rotatable bonds is 8. The highest BCUT2D eigenvalue weighted by Crippen LogP contribution is 2.44. The van der Waals surface area contributed by atoms with Gasteiger partial charge in [-0.1, -0.05) is 42.5 Å². The van der Waals surface area contributed by atoms with Gasteiger partial charge in [-0.3, -0.25) is 9.59 Å². The van der Waals surface area contributed by atoms with Crippen molar-refractivity contribution in [2.24, 2.45) is 0 Å². The summed E-state index contributed by atoms with van der Waals surface area (Å²) < 4.78 is 10.7. The van der Waals surface area contributed by atoms with Gasteiger partial charge in [-0.25, -0.2) is 0 Å². The van der Waals surface area contributed by atoms with Crippen LogP contribution < -0.4 is 10.1 Å².